The fraction of sp³-hybridized carbons (Fsp3) is 0.556. The highest BCUT2D eigenvalue weighted by Crippen LogP contribution is 2.49. The van der Waals surface area contributed by atoms with Crippen LogP contribution < -0.4 is 5.32 Å². The number of rotatable bonds is 13. The van der Waals surface area contributed by atoms with Crippen molar-refractivity contribution in [2.45, 2.75) is 97.3 Å². The number of fused-ring (bicyclic) bond motifs is 2. The molecule has 2 aliphatic carbocycles. The summed E-state index contributed by atoms with van der Waals surface area (Å²) >= 11 is 18.9. The Morgan fingerprint density at radius 3 is 2.40 bits per heavy atom. The molecule has 2 saturated carbocycles. The van der Waals surface area contributed by atoms with Gasteiger partial charge in [-0.15, -0.1) is 0 Å². The Labute approximate surface area is 272 Å². The van der Waals surface area contributed by atoms with E-state index in [-0.39, 0.29) is 5.91 Å². The van der Waals surface area contributed by atoms with E-state index in [9.17, 15) is 4.79 Å². The van der Waals surface area contributed by atoms with Gasteiger partial charge in [0, 0.05) is 27.7 Å². The van der Waals surface area contributed by atoms with Crippen molar-refractivity contribution in [1.29, 1.82) is 0 Å². The minimum absolute atomic E-state index is 0.167. The number of unbranched alkanes of at least 4 members (excludes halogenated alkanes) is 5. The van der Waals surface area contributed by atoms with Crippen molar-refractivity contribution >= 4 is 40.7 Å². The van der Waals surface area contributed by atoms with Gasteiger partial charge in [0.25, 0.3) is 5.91 Å². The van der Waals surface area contributed by atoms with E-state index in [2.05, 4.69) is 12.2 Å². The van der Waals surface area contributed by atoms with Crippen LogP contribution in [0.15, 0.2) is 42.5 Å². The minimum Gasteiger partial charge on any atom is -0.351 e. The smallest absolute Gasteiger partial charge is 0.272 e. The summed E-state index contributed by atoms with van der Waals surface area (Å²) in [5.74, 6) is 3.85. The van der Waals surface area contributed by atoms with Crippen molar-refractivity contribution in [1.82, 2.24) is 15.1 Å². The van der Waals surface area contributed by atoms with Crippen LogP contribution in [0.4, 0.5) is 0 Å². The van der Waals surface area contributed by atoms with E-state index in [1.165, 1.54) is 70.6 Å². The summed E-state index contributed by atoms with van der Waals surface area (Å²) in [4.78, 5) is 13.3. The van der Waals surface area contributed by atoms with Gasteiger partial charge in [-0.3, -0.25) is 4.79 Å². The third-order valence-corrected chi connectivity index (χ3v) is 10.8. The summed E-state index contributed by atoms with van der Waals surface area (Å²) in [5.41, 5.74) is 3.55. The van der Waals surface area contributed by atoms with Crippen LogP contribution in [0.3, 0.4) is 0 Å². The lowest BCUT2D eigenvalue weighted by Crippen LogP contribution is -2.35. The van der Waals surface area contributed by atoms with Crippen molar-refractivity contribution in [3.8, 4) is 16.9 Å². The predicted octanol–water partition coefficient (Wildman–Crippen LogP) is 11.1. The Hall–Kier alpha value is -2.01. The average molecular weight is 643 g/mol. The Kier molecular flexibility index (Phi) is 11.5. The van der Waals surface area contributed by atoms with E-state index >= 15 is 0 Å². The van der Waals surface area contributed by atoms with Gasteiger partial charge in [-0.1, -0.05) is 112 Å². The molecule has 0 spiro atoms. The SMILES string of the molecule is CCC1CC2CCCC(C2)C1CCCCCCCCNC(=O)c1nn(-c2ccc(Cl)cc2Cl)c(-c2ccc(Cl)cc2)c1C. The second-order valence-electron chi connectivity index (χ2n) is 12.9. The van der Waals surface area contributed by atoms with Crippen LogP contribution in [-0.4, -0.2) is 22.2 Å². The van der Waals surface area contributed by atoms with Crippen LogP contribution in [-0.2, 0) is 0 Å². The van der Waals surface area contributed by atoms with Gasteiger partial charge in [0.15, 0.2) is 5.69 Å². The van der Waals surface area contributed by atoms with E-state index in [1.807, 2.05) is 37.3 Å². The highest BCUT2D eigenvalue weighted by atomic mass is 35.5. The molecule has 2 aromatic carbocycles. The standard InChI is InChI=1S/C36H46Cl3N3O/c1-3-26-21-25-11-10-12-28(22-25)31(26)13-8-6-4-5-7-9-20-40-36(43)34-24(2)35(27-14-16-29(37)17-15-27)42(41-34)33-19-18-30(38)23-32(33)39/h14-19,23,25-26,28,31H,3-13,20-22H2,1-2H3,(H,40,43). The van der Waals surface area contributed by atoms with Crippen LogP contribution in [0.1, 0.15) is 106 Å². The maximum atomic E-state index is 13.3. The highest BCUT2D eigenvalue weighted by Gasteiger charge is 2.38. The van der Waals surface area contributed by atoms with Crippen molar-refractivity contribution in [3.63, 3.8) is 0 Å². The van der Waals surface area contributed by atoms with Gasteiger partial charge in [0.05, 0.1) is 16.4 Å². The molecule has 4 nitrogen and oxygen atoms in total. The predicted molar refractivity (Wildman–Crippen MR) is 181 cm³/mol. The number of benzene rings is 2. The lowest BCUT2D eigenvalue weighted by Gasteiger charge is -2.45. The molecule has 1 amide bonds. The van der Waals surface area contributed by atoms with Crippen LogP contribution >= 0.6 is 34.8 Å². The van der Waals surface area contributed by atoms with Gasteiger partial charge in [-0.2, -0.15) is 5.10 Å². The Morgan fingerprint density at radius 1 is 0.930 bits per heavy atom. The monoisotopic (exact) mass is 641 g/mol. The molecule has 2 bridgehead atoms. The molecule has 0 saturated heterocycles. The number of carbonyl (C=O) groups is 1. The lowest BCUT2D eigenvalue weighted by atomic mass is 9.60. The summed E-state index contributed by atoms with van der Waals surface area (Å²) < 4.78 is 1.73. The van der Waals surface area contributed by atoms with Gasteiger partial charge < -0.3 is 5.32 Å². The fourth-order valence-corrected chi connectivity index (χ4v) is 8.46. The zero-order chi connectivity index (χ0) is 30.3. The maximum Gasteiger partial charge on any atom is 0.272 e. The minimum atomic E-state index is -0.167. The number of nitrogens with zero attached hydrogens (tertiary/aromatic N) is 2. The second-order valence-corrected chi connectivity index (χ2v) is 14.1. The first-order valence-corrected chi connectivity index (χ1v) is 17.6. The fourth-order valence-electron chi connectivity index (χ4n) is 7.85. The molecule has 2 fully saturated rings. The molecule has 1 N–H and O–H groups in total. The number of hydrogen-bond donors (Lipinski definition) is 1. The van der Waals surface area contributed by atoms with Crippen LogP contribution in [0.5, 0.6) is 0 Å². The molecule has 1 aromatic heterocycles. The molecule has 5 rings (SSSR count). The van der Waals surface area contributed by atoms with Gasteiger partial charge in [-0.25, -0.2) is 4.68 Å². The van der Waals surface area contributed by atoms with Crippen molar-refractivity contribution in [3.05, 3.63) is 68.8 Å². The summed E-state index contributed by atoms with van der Waals surface area (Å²) in [6.07, 6.45) is 17.6. The van der Waals surface area contributed by atoms with Gasteiger partial charge in [-0.05, 0) is 86.6 Å². The lowest BCUT2D eigenvalue weighted by molar-refractivity contribution is 0.0532. The number of halogens is 3. The maximum absolute atomic E-state index is 13.3. The number of hydrogen-bond acceptors (Lipinski definition) is 2. The first kappa shape index (κ1) is 32.4. The molecular weight excluding hydrogens is 597 g/mol. The largest absolute Gasteiger partial charge is 0.351 e. The van der Waals surface area contributed by atoms with Crippen LogP contribution in [0.25, 0.3) is 16.9 Å². The quantitative estimate of drug-likeness (QED) is 0.189. The Bertz CT molecular complexity index is 1370. The van der Waals surface area contributed by atoms with E-state index in [0.717, 1.165) is 53.3 Å². The molecule has 4 atom stereocenters. The number of nitrogens with one attached hydrogen (secondary N) is 1. The second kappa shape index (κ2) is 15.3. The molecule has 232 valence electrons. The van der Waals surface area contributed by atoms with Crippen LogP contribution in [0.2, 0.25) is 15.1 Å². The molecule has 0 radical (unpaired) electrons. The van der Waals surface area contributed by atoms with E-state index in [1.54, 1.807) is 16.8 Å². The molecular formula is C36H46Cl3N3O. The number of aromatic nitrogens is 2. The van der Waals surface area contributed by atoms with Crippen molar-refractivity contribution in [2.75, 3.05) is 6.54 Å². The third-order valence-electron chi connectivity index (χ3n) is 10.0. The topological polar surface area (TPSA) is 46.9 Å². The first-order chi connectivity index (χ1) is 20.9. The summed E-state index contributed by atoms with van der Waals surface area (Å²) in [5, 5.41) is 9.48. The average Bonchev–Trinajstić information content (AvgIpc) is 3.34. The van der Waals surface area contributed by atoms with Gasteiger partial charge in [0.2, 0.25) is 0 Å². The van der Waals surface area contributed by atoms with E-state index in [0.29, 0.717) is 33.0 Å². The normalized spacial score (nSPS) is 21.6. The Morgan fingerprint density at radius 2 is 1.65 bits per heavy atom. The summed E-state index contributed by atoms with van der Waals surface area (Å²) in [6.45, 7) is 4.99. The van der Waals surface area contributed by atoms with Crippen molar-refractivity contribution in [2.24, 2.45) is 23.7 Å². The zero-order valence-electron chi connectivity index (χ0n) is 25.7. The first-order valence-electron chi connectivity index (χ1n) is 16.4. The van der Waals surface area contributed by atoms with Crippen molar-refractivity contribution < 1.29 is 4.79 Å². The number of amides is 1. The molecule has 0 aliphatic heterocycles. The molecule has 43 heavy (non-hydrogen) atoms. The summed E-state index contributed by atoms with van der Waals surface area (Å²) in [6, 6.07) is 12.8. The molecule has 2 aliphatic rings. The summed E-state index contributed by atoms with van der Waals surface area (Å²) in [7, 11) is 0. The molecule has 1 heterocycles. The zero-order valence-corrected chi connectivity index (χ0v) is 28.0. The van der Waals surface area contributed by atoms with E-state index in [4.69, 9.17) is 39.9 Å². The molecule has 4 unspecified atom stereocenters. The van der Waals surface area contributed by atoms with Gasteiger partial charge >= 0.3 is 0 Å². The molecule has 3 aromatic rings. The highest BCUT2D eigenvalue weighted by molar-refractivity contribution is 6.35. The van der Waals surface area contributed by atoms with Gasteiger partial charge in [0.1, 0.15) is 0 Å². The third kappa shape index (κ3) is 7.99. The van der Waals surface area contributed by atoms with E-state index < -0.39 is 0 Å². The molecule has 7 heteroatoms. The van der Waals surface area contributed by atoms with Crippen LogP contribution in [0, 0.1) is 30.6 Å². The Balaban J connectivity index is 1.10. The number of carbonyl (C=O) groups excluding carboxylic acids is 1.